The van der Waals surface area contributed by atoms with Crippen molar-refractivity contribution in [3.05, 3.63) is 11.4 Å². The normalized spacial score (nSPS) is 20.1. The van der Waals surface area contributed by atoms with Gasteiger partial charge in [0.25, 0.3) is 8.53 Å². The smallest absolute Gasteiger partial charge is 0.315 e. The highest BCUT2D eigenvalue weighted by Gasteiger charge is 2.42. The standard InChI is InChI=1S/C32H60N5O9PS/c1-25(2)37(26(3)4)47(45-15-13-33-5)46-27(22-40-6)23-44-21-20-43-19-18-42-17-16-41-14-9-12-34-30(38)11-8-7-10-29-31-28(24-48-29)35-32(39)36-31/h25-29,31H,7-24H2,1-4,6H3,(H,34,38)(H2,35,36,39)/t27?,28-,29-,31-,47?/m0/s1. The first kappa shape index (κ1) is 42.9. The van der Waals surface area contributed by atoms with Gasteiger partial charge in [-0.25, -0.2) is 16.0 Å². The number of unbranched alkanes of at least 4 members (excludes halogenated alkanes) is 1. The summed E-state index contributed by atoms with van der Waals surface area (Å²) in [4.78, 5) is 27.0. The van der Waals surface area contributed by atoms with E-state index in [4.69, 9.17) is 39.3 Å². The first-order valence-corrected chi connectivity index (χ1v) is 19.4. The lowest BCUT2D eigenvalue weighted by Gasteiger charge is -2.37. The van der Waals surface area contributed by atoms with Crippen molar-refractivity contribution in [3.8, 4) is 0 Å². The largest absolute Gasteiger partial charge is 0.382 e. The van der Waals surface area contributed by atoms with Crippen LogP contribution in [0.1, 0.15) is 59.8 Å². The van der Waals surface area contributed by atoms with E-state index < -0.39 is 8.53 Å². The third-order valence-corrected chi connectivity index (χ3v) is 11.2. The molecule has 0 bridgehead atoms. The molecule has 48 heavy (non-hydrogen) atoms. The van der Waals surface area contributed by atoms with Gasteiger partial charge in [-0.3, -0.25) is 4.79 Å². The van der Waals surface area contributed by atoms with Gasteiger partial charge in [-0.2, -0.15) is 11.8 Å². The number of amides is 3. The molecular formula is C32H60N5O9PS. The van der Waals surface area contributed by atoms with Crippen LogP contribution in [0.4, 0.5) is 4.79 Å². The molecule has 0 aliphatic carbocycles. The van der Waals surface area contributed by atoms with Gasteiger partial charge >= 0.3 is 6.03 Å². The predicted octanol–water partition coefficient (Wildman–Crippen LogP) is 3.60. The second-order valence-electron chi connectivity index (χ2n) is 12.2. The monoisotopic (exact) mass is 721 g/mol. The lowest BCUT2D eigenvalue weighted by molar-refractivity contribution is -0.121. The number of carbonyl (C=O) groups is 2. The molecule has 2 heterocycles. The van der Waals surface area contributed by atoms with Crippen molar-refractivity contribution in [1.29, 1.82) is 0 Å². The number of carbonyl (C=O) groups excluding carboxylic acids is 2. The van der Waals surface area contributed by atoms with Gasteiger partial charge in [0.05, 0.1) is 64.9 Å². The molecule has 0 aromatic carbocycles. The summed E-state index contributed by atoms with van der Waals surface area (Å²) in [6.45, 7) is 20.7. The number of thioether (sulfide) groups is 1. The van der Waals surface area contributed by atoms with Gasteiger partial charge in [-0.05, 0) is 47.0 Å². The first-order chi connectivity index (χ1) is 23.3. The molecule has 3 N–H and O–H groups in total. The van der Waals surface area contributed by atoms with Gasteiger partial charge in [-0.1, -0.05) is 6.42 Å². The molecule has 3 amide bonds. The maximum atomic E-state index is 12.1. The summed E-state index contributed by atoms with van der Waals surface area (Å²) in [7, 11) is 0.255. The van der Waals surface area contributed by atoms with Crippen LogP contribution in [0.15, 0.2) is 0 Å². The molecule has 278 valence electrons. The van der Waals surface area contributed by atoms with Gasteiger partial charge in [0.15, 0.2) is 0 Å². The van der Waals surface area contributed by atoms with E-state index >= 15 is 0 Å². The van der Waals surface area contributed by atoms with Gasteiger partial charge in [0.2, 0.25) is 12.5 Å². The second kappa shape index (κ2) is 26.5. The highest BCUT2D eigenvalue weighted by atomic mass is 32.2. The number of fused-ring (bicyclic) bond motifs is 1. The van der Waals surface area contributed by atoms with Crippen molar-refractivity contribution in [2.24, 2.45) is 0 Å². The van der Waals surface area contributed by atoms with E-state index in [1.54, 1.807) is 7.11 Å². The van der Waals surface area contributed by atoms with Crippen LogP contribution < -0.4 is 16.0 Å². The van der Waals surface area contributed by atoms with E-state index in [1.807, 2.05) is 11.8 Å². The van der Waals surface area contributed by atoms with E-state index in [0.29, 0.717) is 90.8 Å². The third-order valence-electron chi connectivity index (χ3n) is 7.53. The Kier molecular flexibility index (Phi) is 23.7. The number of nitrogens with one attached hydrogen (secondary N) is 3. The molecule has 5 atom stereocenters. The van der Waals surface area contributed by atoms with Gasteiger partial charge in [-0.15, -0.1) is 0 Å². The number of urea groups is 1. The molecule has 2 aliphatic heterocycles. The van der Waals surface area contributed by atoms with Crippen molar-refractivity contribution in [2.75, 3.05) is 92.0 Å². The van der Waals surface area contributed by atoms with Crippen molar-refractivity contribution >= 4 is 32.2 Å². The van der Waals surface area contributed by atoms with Gasteiger partial charge in [0.1, 0.15) is 12.7 Å². The van der Waals surface area contributed by atoms with Crippen molar-refractivity contribution < 1.29 is 42.3 Å². The van der Waals surface area contributed by atoms with Crippen LogP contribution in [-0.4, -0.2) is 144 Å². The van der Waals surface area contributed by atoms with Gasteiger partial charge < -0.3 is 53.5 Å². The highest BCUT2D eigenvalue weighted by molar-refractivity contribution is 8.00. The number of hydrogen-bond acceptors (Lipinski definition) is 11. The Hall–Kier alpha value is -1.31. The topological polar surface area (TPSA) is 142 Å². The molecule has 2 saturated heterocycles. The van der Waals surface area contributed by atoms with Crippen LogP contribution in [-0.2, 0) is 37.5 Å². The van der Waals surface area contributed by atoms with Crippen LogP contribution >= 0.6 is 20.3 Å². The Labute approximate surface area is 293 Å². The molecule has 16 heteroatoms. The average molecular weight is 722 g/mol. The fourth-order valence-corrected chi connectivity index (χ4v) is 8.57. The quantitative estimate of drug-likeness (QED) is 0.0434. The minimum atomic E-state index is -1.37. The molecular weight excluding hydrogens is 661 g/mol. The lowest BCUT2D eigenvalue weighted by atomic mass is 10.0. The molecule has 0 aromatic rings. The maximum Gasteiger partial charge on any atom is 0.315 e. The molecule has 2 unspecified atom stereocenters. The molecule has 0 saturated carbocycles. The molecule has 0 aromatic heterocycles. The third kappa shape index (κ3) is 18.1. The maximum absolute atomic E-state index is 12.1. The van der Waals surface area contributed by atoms with Crippen LogP contribution in [0.3, 0.4) is 0 Å². The SMILES string of the molecule is [C-]#[N+]CCOP(OC(COC)COCCOCCOCCOCCCNC(=O)CCCC[C@@H]1SC[C@@H]2NC(=O)N[C@@H]21)N(C(C)C)C(C)C. The summed E-state index contributed by atoms with van der Waals surface area (Å²) in [5.74, 6) is 1.04. The Morgan fingerprint density at radius 2 is 1.62 bits per heavy atom. The van der Waals surface area contributed by atoms with E-state index in [-0.39, 0.29) is 42.2 Å². The Morgan fingerprint density at radius 1 is 0.958 bits per heavy atom. The minimum absolute atomic E-state index is 0.0577. The van der Waals surface area contributed by atoms with Crippen molar-refractivity contribution in [1.82, 2.24) is 20.6 Å². The van der Waals surface area contributed by atoms with E-state index in [0.717, 1.165) is 31.4 Å². The number of hydrogen-bond donors (Lipinski definition) is 3. The fourth-order valence-electron chi connectivity index (χ4n) is 5.35. The predicted molar refractivity (Wildman–Crippen MR) is 188 cm³/mol. The van der Waals surface area contributed by atoms with Crippen LogP contribution in [0.25, 0.3) is 4.85 Å². The second-order valence-corrected chi connectivity index (χ2v) is 14.9. The fraction of sp³-hybridized carbons (Fsp3) is 0.906. The van der Waals surface area contributed by atoms with Gasteiger partial charge in [0, 0.05) is 49.8 Å². The van der Waals surface area contributed by atoms with E-state index in [1.165, 1.54) is 0 Å². The number of methoxy groups -OCH3 is 1. The highest BCUT2D eigenvalue weighted by Crippen LogP contribution is 2.47. The Morgan fingerprint density at radius 3 is 2.27 bits per heavy atom. The van der Waals surface area contributed by atoms with Crippen molar-refractivity contribution in [2.45, 2.75) is 95.3 Å². The zero-order valence-electron chi connectivity index (χ0n) is 29.6. The molecule has 0 radical (unpaired) electrons. The summed E-state index contributed by atoms with van der Waals surface area (Å²) >= 11 is 1.91. The van der Waals surface area contributed by atoms with Crippen LogP contribution in [0.2, 0.25) is 0 Å². The average Bonchev–Trinajstić information content (AvgIpc) is 3.59. The molecule has 14 nitrogen and oxygen atoms in total. The zero-order valence-corrected chi connectivity index (χ0v) is 31.3. The Balaban J connectivity index is 1.40. The first-order valence-electron chi connectivity index (χ1n) is 17.2. The summed E-state index contributed by atoms with van der Waals surface area (Å²) in [6.07, 6.45) is 3.83. The molecule has 0 spiro atoms. The van der Waals surface area contributed by atoms with E-state index in [9.17, 15) is 9.59 Å². The summed E-state index contributed by atoms with van der Waals surface area (Å²) in [5.41, 5.74) is 0. The molecule has 2 rings (SSSR count). The van der Waals surface area contributed by atoms with Crippen molar-refractivity contribution in [3.63, 3.8) is 0 Å². The van der Waals surface area contributed by atoms with Crippen LogP contribution in [0.5, 0.6) is 0 Å². The minimum Gasteiger partial charge on any atom is -0.382 e. The molecule has 2 fully saturated rings. The number of nitrogens with zero attached hydrogens (tertiary/aromatic N) is 2. The van der Waals surface area contributed by atoms with Crippen LogP contribution in [0, 0.1) is 6.57 Å². The number of ether oxygens (including phenoxy) is 5. The summed E-state index contributed by atoms with van der Waals surface area (Å²) in [5, 5.41) is 9.37. The Bertz CT molecular complexity index is 912. The summed E-state index contributed by atoms with van der Waals surface area (Å²) in [6, 6.07) is 0.850. The van der Waals surface area contributed by atoms with E-state index in [2.05, 4.69) is 53.2 Å². The summed E-state index contributed by atoms with van der Waals surface area (Å²) < 4.78 is 42.4. The number of rotatable bonds is 30. The lowest BCUT2D eigenvalue weighted by Crippen LogP contribution is -2.36. The zero-order chi connectivity index (χ0) is 35.0. The molecule has 2 aliphatic rings.